The monoisotopic (exact) mass is 746 g/mol. The molecule has 1 aliphatic carbocycles. The number of fused-ring (bicyclic) bond motifs is 3. The van der Waals surface area contributed by atoms with Gasteiger partial charge in [-0.05, 0) is 144 Å². The van der Waals surface area contributed by atoms with Crippen LogP contribution in [-0.4, -0.2) is 0 Å². The molecule has 0 saturated carbocycles. The van der Waals surface area contributed by atoms with Crippen molar-refractivity contribution < 1.29 is 0 Å². The minimum absolute atomic E-state index is 0.136. The maximum Gasteiger partial charge on any atom is 0.0159 e. The summed E-state index contributed by atoms with van der Waals surface area (Å²) in [6.07, 6.45) is 0. The Morgan fingerprint density at radius 2 is 0.627 bits per heavy atom. The molecule has 0 spiro atoms. The molecule has 0 aromatic heterocycles. The highest BCUT2D eigenvalue weighted by Crippen LogP contribution is 2.52. The van der Waals surface area contributed by atoms with Gasteiger partial charge in [0.05, 0.1) is 0 Å². The molecule has 1 aliphatic rings. The summed E-state index contributed by atoms with van der Waals surface area (Å²) < 4.78 is 0. The van der Waals surface area contributed by atoms with Crippen LogP contribution in [0.1, 0.15) is 25.0 Å². The highest BCUT2D eigenvalue weighted by Gasteiger charge is 2.36. The summed E-state index contributed by atoms with van der Waals surface area (Å²) in [5.74, 6) is 0. The molecule has 0 atom stereocenters. The van der Waals surface area contributed by atoms with Crippen molar-refractivity contribution in [3.8, 4) is 55.6 Å². The molecule has 0 unspecified atom stereocenters. The van der Waals surface area contributed by atoms with Gasteiger partial charge in [0.2, 0.25) is 0 Å². The van der Waals surface area contributed by atoms with E-state index in [1.54, 1.807) is 0 Å². The van der Waals surface area contributed by atoms with Crippen LogP contribution in [0.15, 0.2) is 194 Å². The van der Waals surface area contributed by atoms with Crippen LogP contribution in [0.2, 0.25) is 0 Å². The van der Waals surface area contributed by atoms with Crippen LogP contribution in [0, 0.1) is 0 Å². The van der Waals surface area contributed by atoms with Crippen molar-refractivity contribution in [1.29, 1.82) is 0 Å². The summed E-state index contributed by atoms with van der Waals surface area (Å²) in [6.45, 7) is 4.80. The van der Waals surface area contributed by atoms with Crippen LogP contribution >= 0.6 is 0 Å². The normalized spacial score (nSPS) is 13.4. The molecule has 0 heteroatoms. The molecule has 0 fully saturated rings. The van der Waals surface area contributed by atoms with Crippen molar-refractivity contribution in [2.24, 2.45) is 0 Å². The molecule has 0 aliphatic heterocycles. The Balaban J connectivity index is 0.864. The van der Waals surface area contributed by atoms with Crippen LogP contribution < -0.4 is 0 Å². The predicted octanol–water partition coefficient (Wildman–Crippen LogP) is 16.5. The van der Waals surface area contributed by atoms with Gasteiger partial charge in [0.1, 0.15) is 0 Å². The molecule has 13 rings (SSSR count). The standard InChI is InChI=1S/C59H38/c1-59(2)53-33-43(23-28-48(53)49-29-24-44(34-54(49)59)47-27-19-40-16-15-38-9-6-10-39-20-30-52(47)56(40)55(38)39)35-11-13-37(14-12-35)46-26-18-42-21-31-50-45(36-7-4-3-5-8-36)25-17-41-22-32-51(46)58(42)57(41)50/h3-34H,1-2H3. The number of hydrogen-bond donors (Lipinski definition) is 0. The van der Waals surface area contributed by atoms with Crippen LogP contribution in [0.4, 0.5) is 0 Å². The number of benzene rings is 12. The lowest BCUT2D eigenvalue weighted by Crippen LogP contribution is -2.15. The largest absolute Gasteiger partial charge is 0.0622 e. The zero-order valence-electron chi connectivity index (χ0n) is 33.0. The van der Waals surface area contributed by atoms with Crippen molar-refractivity contribution in [3.05, 3.63) is 205 Å². The Hall–Kier alpha value is -7.28. The van der Waals surface area contributed by atoms with Gasteiger partial charge in [-0.25, -0.2) is 0 Å². The van der Waals surface area contributed by atoms with Crippen molar-refractivity contribution in [1.82, 2.24) is 0 Å². The summed E-state index contributed by atoms with van der Waals surface area (Å²) in [5.41, 5.74) is 15.5. The van der Waals surface area contributed by atoms with E-state index in [2.05, 4.69) is 208 Å². The Morgan fingerprint density at radius 1 is 0.254 bits per heavy atom. The number of hydrogen-bond acceptors (Lipinski definition) is 0. The lowest BCUT2D eigenvalue weighted by atomic mass is 9.80. The molecule has 0 saturated heterocycles. The first-order valence-corrected chi connectivity index (χ1v) is 20.8. The van der Waals surface area contributed by atoms with Crippen LogP contribution in [0.25, 0.3) is 120 Å². The molecule has 0 bridgehead atoms. The lowest BCUT2D eigenvalue weighted by Gasteiger charge is -2.23. The van der Waals surface area contributed by atoms with Gasteiger partial charge in [0, 0.05) is 5.41 Å². The second-order valence-electron chi connectivity index (χ2n) is 17.2. The maximum absolute atomic E-state index is 2.47. The van der Waals surface area contributed by atoms with Gasteiger partial charge in [0.15, 0.2) is 0 Å². The molecule has 59 heavy (non-hydrogen) atoms. The topological polar surface area (TPSA) is 0 Å². The summed E-state index contributed by atoms with van der Waals surface area (Å²) >= 11 is 0. The Kier molecular flexibility index (Phi) is 6.60. The van der Waals surface area contributed by atoms with E-state index in [0.29, 0.717) is 0 Å². The molecule has 12 aromatic rings. The fraction of sp³-hybridized carbons (Fsp3) is 0.0508. The Labute approximate surface area is 343 Å². The van der Waals surface area contributed by atoms with Gasteiger partial charge in [0.25, 0.3) is 0 Å². The molecular formula is C59H38. The van der Waals surface area contributed by atoms with Gasteiger partial charge in [-0.2, -0.15) is 0 Å². The average molecular weight is 747 g/mol. The second kappa shape index (κ2) is 11.9. The van der Waals surface area contributed by atoms with E-state index in [-0.39, 0.29) is 5.41 Å². The highest BCUT2D eigenvalue weighted by molar-refractivity contribution is 6.28. The Morgan fingerprint density at radius 3 is 1.19 bits per heavy atom. The molecule has 0 amide bonds. The van der Waals surface area contributed by atoms with Crippen LogP contribution in [-0.2, 0) is 5.41 Å². The van der Waals surface area contributed by atoms with E-state index in [1.807, 2.05) is 0 Å². The van der Waals surface area contributed by atoms with Crippen LogP contribution in [0.5, 0.6) is 0 Å². The van der Waals surface area contributed by atoms with Gasteiger partial charge in [-0.1, -0.05) is 196 Å². The van der Waals surface area contributed by atoms with E-state index in [9.17, 15) is 0 Å². The highest BCUT2D eigenvalue weighted by atomic mass is 14.4. The van der Waals surface area contributed by atoms with Crippen molar-refractivity contribution in [2.75, 3.05) is 0 Å². The van der Waals surface area contributed by atoms with E-state index >= 15 is 0 Å². The molecule has 0 heterocycles. The van der Waals surface area contributed by atoms with E-state index < -0.39 is 0 Å². The summed E-state index contributed by atoms with van der Waals surface area (Å²) in [5, 5.41) is 15.9. The van der Waals surface area contributed by atoms with E-state index in [1.165, 1.54) is 131 Å². The lowest BCUT2D eigenvalue weighted by molar-refractivity contribution is 0.661. The quantitative estimate of drug-likeness (QED) is 0.157. The zero-order valence-corrected chi connectivity index (χ0v) is 33.0. The second-order valence-corrected chi connectivity index (χ2v) is 17.2. The molecule has 0 N–H and O–H groups in total. The SMILES string of the molecule is CC1(C)c2cc(-c3ccc(-c4ccc5ccc6c(-c7ccccc7)ccc7ccc4c5c76)cc3)ccc2-c2ccc(-c3ccc4ccc5cccc6ccc3c4c56)cc21. The van der Waals surface area contributed by atoms with Crippen molar-refractivity contribution in [2.45, 2.75) is 19.3 Å². The Bertz CT molecular complexity index is 3640. The zero-order chi connectivity index (χ0) is 39.0. The summed E-state index contributed by atoms with van der Waals surface area (Å²) in [4.78, 5) is 0. The van der Waals surface area contributed by atoms with Crippen molar-refractivity contribution in [3.63, 3.8) is 0 Å². The fourth-order valence-corrected chi connectivity index (χ4v) is 10.8. The third-order valence-corrected chi connectivity index (χ3v) is 13.8. The minimum Gasteiger partial charge on any atom is -0.0622 e. The van der Waals surface area contributed by atoms with Gasteiger partial charge in [-0.3, -0.25) is 0 Å². The third-order valence-electron chi connectivity index (χ3n) is 13.8. The van der Waals surface area contributed by atoms with E-state index in [4.69, 9.17) is 0 Å². The van der Waals surface area contributed by atoms with Gasteiger partial charge in [-0.15, -0.1) is 0 Å². The van der Waals surface area contributed by atoms with Crippen LogP contribution in [0.3, 0.4) is 0 Å². The molecular weight excluding hydrogens is 709 g/mol. The average Bonchev–Trinajstić information content (AvgIpc) is 3.52. The first-order chi connectivity index (χ1) is 29.0. The minimum atomic E-state index is -0.136. The predicted molar refractivity (Wildman–Crippen MR) is 253 cm³/mol. The summed E-state index contributed by atoms with van der Waals surface area (Å²) in [6, 6.07) is 73.1. The van der Waals surface area contributed by atoms with Crippen molar-refractivity contribution >= 4 is 64.6 Å². The van der Waals surface area contributed by atoms with E-state index in [0.717, 1.165) is 0 Å². The first-order valence-electron chi connectivity index (χ1n) is 20.8. The smallest absolute Gasteiger partial charge is 0.0159 e. The molecule has 12 aromatic carbocycles. The van der Waals surface area contributed by atoms with Gasteiger partial charge < -0.3 is 0 Å². The summed E-state index contributed by atoms with van der Waals surface area (Å²) in [7, 11) is 0. The van der Waals surface area contributed by atoms with Gasteiger partial charge >= 0.3 is 0 Å². The maximum atomic E-state index is 2.47. The molecule has 0 radical (unpaired) electrons. The molecule has 274 valence electrons. The third kappa shape index (κ3) is 4.60. The fourth-order valence-electron chi connectivity index (χ4n) is 10.8. The first kappa shape index (κ1) is 32.8. The molecule has 0 nitrogen and oxygen atoms in total. The number of rotatable bonds is 4.